The van der Waals surface area contributed by atoms with E-state index in [1.54, 1.807) is 17.9 Å². The minimum absolute atomic E-state index is 0.0517. The van der Waals surface area contributed by atoms with Gasteiger partial charge < -0.3 is 10.4 Å². The number of amides is 1. The molecule has 7 heteroatoms. The summed E-state index contributed by atoms with van der Waals surface area (Å²) in [7, 11) is 1.76. The molecule has 1 amide bonds. The fourth-order valence-electron chi connectivity index (χ4n) is 1.77. The molecule has 0 aliphatic carbocycles. The van der Waals surface area contributed by atoms with Gasteiger partial charge in [-0.25, -0.2) is 9.78 Å². The maximum Gasteiger partial charge on any atom is 0.354 e. The van der Waals surface area contributed by atoms with Crippen LogP contribution in [-0.4, -0.2) is 31.7 Å². The third kappa shape index (κ3) is 2.82. The van der Waals surface area contributed by atoms with Crippen LogP contribution >= 0.6 is 0 Å². The lowest BCUT2D eigenvalue weighted by Gasteiger charge is -2.04. The number of rotatable bonds is 4. The van der Waals surface area contributed by atoms with Crippen molar-refractivity contribution in [1.82, 2.24) is 14.8 Å². The van der Waals surface area contributed by atoms with Crippen LogP contribution in [0.2, 0.25) is 0 Å². The summed E-state index contributed by atoms with van der Waals surface area (Å²) < 4.78 is 1.61. The number of carbonyl (C=O) groups excluding carboxylic acids is 1. The molecule has 2 aromatic rings. The Morgan fingerprint density at radius 3 is 2.70 bits per heavy atom. The summed E-state index contributed by atoms with van der Waals surface area (Å²) in [6.45, 7) is 1.93. The summed E-state index contributed by atoms with van der Waals surface area (Å²) >= 11 is 0. The number of nitrogens with one attached hydrogen (secondary N) is 1. The van der Waals surface area contributed by atoms with Crippen LogP contribution in [0.15, 0.2) is 24.4 Å². The van der Waals surface area contributed by atoms with Crippen LogP contribution in [0.3, 0.4) is 0 Å². The van der Waals surface area contributed by atoms with Crippen molar-refractivity contribution in [3.63, 3.8) is 0 Å². The number of aromatic carboxylic acids is 1. The zero-order chi connectivity index (χ0) is 14.7. The van der Waals surface area contributed by atoms with Gasteiger partial charge in [0.2, 0.25) is 0 Å². The molecule has 0 aliphatic rings. The van der Waals surface area contributed by atoms with Gasteiger partial charge in [0.1, 0.15) is 11.4 Å². The highest BCUT2D eigenvalue weighted by Gasteiger charge is 2.14. The Morgan fingerprint density at radius 2 is 2.05 bits per heavy atom. The van der Waals surface area contributed by atoms with E-state index >= 15 is 0 Å². The maximum atomic E-state index is 12.1. The number of pyridine rings is 1. The van der Waals surface area contributed by atoms with Crippen molar-refractivity contribution in [1.29, 1.82) is 0 Å². The summed E-state index contributed by atoms with van der Waals surface area (Å²) in [4.78, 5) is 26.7. The number of anilines is 1. The molecule has 0 radical (unpaired) electrons. The van der Waals surface area contributed by atoms with Gasteiger partial charge in [-0.15, -0.1) is 0 Å². The van der Waals surface area contributed by atoms with Crippen molar-refractivity contribution in [3.05, 3.63) is 41.5 Å². The SMILES string of the molecule is CCc1nn(C)cc1NC(=O)c1cccc(C(=O)O)n1. The Kier molecular flexibility index (Phi) is 3.79. The van der Waals surface area contributed by atoms with E-state index in [0.29, 0.717) is 12.1 Å². The first-order valence-electron chi connectivity index (χ1n) is 6.05. The monoisotopic (exact) mass is 274 g/mol. The minimum atomic E-state index is -1.17. The van der Waals surface area contributed by atoms with E-state index in [1.807, 2.05) is 6.92 Å². The maximum absolute atomic E-state index is 12.1. The lowest BCUT2D eigenvalue weighted by Crippen LogP contribution is -2.16. The van der Waals surface area contributed by atoms with Crippen LogP contribution in [0.4, 0.5) is 5.69 Å². The first-order chi connectivity index (χ1) is 9.51. The number of carbonyl (C=O) groups is 2. The Labute approximate surface area is 115 Å². The zero-order valence-corrected chi connectivity index (χ0v) is 11.1. The third-order valence-corrected chi connectivity index (χ3v) is 2.69. The van der Waals surface area contributed by atoms with Crippen molar-refractivity contribution in [2.45, 2.75) is 13.3 Å². The fourth-order valence-corrected chi connectivity index (χ4v) is 1.77. The average Bonchev–Trinajstić information content (AvgIpc) is 2.78. The zero-order valence-electron chi connectivity index (χ0n) is 11.1. The van der Waals surface area contributed by atoms with Crippen LogP contribution in [0.1, 0.15) is 33.6 Å². The number of nitrogens with zero attached hydrogens (tertiary/aromatic N) is 3. The summed E-state index contributed by atoms with van der Waals surface area (Å²) in [5.74, 6) is -1.63. The van der Waals surface area contributed by atoms with Gasteiger partial charge in [0.15, 0.2) is 0 Å². The molecule has 2 N–H and O–H groups in total. The van der Waals surface area contributed by atoms with E-state index < -0.39 is 11.9 Å². The van der Waals surface area contributed by atoms with E-state index in [2.05, 4.69) is 15.4 Å². The first kappa shape index (κ1) is 13.7. The largest absolute Gasteiger partial charge is 0.477 e. The fraction of sp³-hybridized carbons (Fsp3) is 0.231. The Hall–Kier alpha value is -2.70. The highest BCUT2D eigenvalue weighted by molar-refractivity contribution is 6.03. The van der Waals surface area contributed by atoms with Gasteiger partial charge in [0.05, 0.1) is 11.4 Å². The molecule has 2 rings (SSSR count). The summed E-state index contributed by atoms with van der Waals surface area (Å²) in [5.41, 5.74) is 1.24. The molecule has 0 saturated heterocycles. The smallest absolute Gasteiger partial charge is 0.354 e. The molecule has 0 saturated carbocycles. The van der Waals surface area contributed by atoms with E-state index in [0.717, 1.165) is 5.69 Å². The number of aryl methyl sites for hydroxylation is 2. The second kappa shape index (κ2) is 5.52. The number of hydrogen-bond donors (Lipinski definition) is 2. The van der Waals surface area contributed by atoms with Crippen LogP contribution in [0.5, 0.6) is 0 Å². The molecular weight excluding hydrogens is 260 g/mol. The lowest BCUT2D eigenvalue weighted by atomic mass is 10.2. The molecule has 0 bridgehead atoms. The topological polar surface area (TPSA) is 97.1 Å². The van der Waals surface area contributed by atoms with Crippen molar-refractivity contribution < 1.29 is 14.7 Å². The molecule has 7 nitrogen and oxygen atoms in total. The predicted octanol–water partition coefficient (Wildman–Crippen LogP) is 1.33. The molecule has 2 heterocycles. The Balaban J connectivity index is 2.23. The molecule has 0 aromatic carbocycles. The van der Waals surface area contributed by atoms with Crippen LogP contribution in [0.25, 0.3) is 0 Å². The van der Waals surface area contributed by atoms with E-state index in [1.165, 1.54) is 18.2 Å². The van der Waals surface area contributed by atoms with E-state index in [9.17, 15) is 9.59 Å². The van der Waals surface area contributed by atoms with Gasteiger partial charge in [-0.1, -0.05) is 13.0 Å². The average molecular weight is 274 g/mol. The molecule has 0 unspecified atom stereocenters. The van der Waals surface area contributed by atoms with Gasteiger partial charge >= 0.3 is 5.97 Å². The molecule has 0 fully saturated rings. The van der Waals surface area contributed by atoms with Crippen molar-refractivity contribution in [2.75, 3.05) is 5.32 Å². The number of carboxylic acids is 1. The Morgan fingerprint density at radius 1 is 1.35 bits per heavy atom. The first-order valence-corrected chi connectivity index (χ1v) is 6.05. The van der Waals surface area contributed by atoms with Crippen LogP contribution in [0, 0.1) is 0 Å². The van der Waals surface area contributed by atoms with Crippen molar-refractivity contribution in [3.8, 4) is 0 Å². The van der Waals surface area contributed by atoms with Gasteiger partial charge in [0.25, 0.3) is 5.91 Å². The highest BCUT2D eigenvalue weighted by atomic mass is 16.4. The molecule has 0 atom stereocenters. The van der Waals surface area contributed by atoms with Gasteiger partial charge in [-0.2, -0.15) is 5.10 Å². The standard InChI is InChI=1S/C13H14N4O3/c1-3-8-11(7-17(2)16-8)15-12(18)9-5-4-6-10(14-9)13(19)20/h4-7H,3H2,1-2H3,(H,15,18)(H,19,20). The second-order valence-corrected chi connectivity index (χ2v) is 4.18. The van der Waals surface area contributed by atoms with Gasteiger partial charge in [-0.3, -0.25) is 9.48 Å². The quantitative estimate of drug-likeness (QED) is 0.876. The van der Waals surface area contributed by atoms with Gasteiger partial charge in [0, 0.05) is 13.2 Å². The molecule has 104 valence electrons. The van der Waals surface area contributed by atoms with Crippen LogP contribution < -0.4 is 5.32 Å². The van der Waals surface area contributed by atoms with E-state index in [-0.39, 0.29) is 11.4 Å². The Bertz CT molecular complexity index is 663. The van der Waals surface area contributed by atoms with E-state index in [4.69, 9.17) is 5.11 Å². The second-order valence-electron chi connectivity index (χ2n) is 4.18. The van der Waals surface area contributed by atoms with Gasteiger partial charge in [-0.05, 0) is 18.6 Å². The number of hydrogen-bond acceptors (Lipinski definition) is 4. The molecule has 0 aliphatic heterocycles. The molecule has 2 aromatic heterocycles. The normalized spacial score (nSPS) is 10.3. The number of carboxylic acid groups (broad SMARTS) is 1. The van der Waals surface area contributed by atoms with Crippen molar-refractivity contribution >= 4 is 17.6 Å². The highest BCUT2D eigenvalue weighted by Crippen LogP contribution is 2.14. The summed E-state index contributed by atoms with van der Waals surface area (Å²) in [6.07, 6.45) is 2.37. The summed E-state index contributed by atoms with van der Waals surface area (Å²) in [6, 6.07) is 4.28. The minimum Gasteiger partial charge on any atom is -0.477 e. The van der Waals surface area contributed by atoms with Crippen LogP contribution in [-0.2, 0) is 13.5 Å². The molecular formula is C13H14N4O3. The predicted molar refractivity (Wildman–Crippen MR) is 71.7 cm³/mol. The number of aromatic nitrogens is 3. The molecule has 0 spiro atoms. The van der Waals surface area contributed by atoms with Crippen molar-refractivity contribution in [2.24, 2.45) is 7.05 Å². The third-order valence-electron chi connectivity index (χ3n) is 2.69. The lowest BCUT2D eigenvalue weighted by molar-refractivity contribution is 0.0690. The molecule has 20 heavy (non-hydrogen) atoms. The summed E-state index contributed by atoms with van der Waals surface area (Å²) in [5, 5.41) is 15.8.